The van der Waals surface area contributed by atoms with E-state index in [1.807, 2.05) is 36.4 Å². The lowest BCUT2D eigenvalue weighted by Gasteiger charge is -2.12. The average molecular weight is 347 g/mol. The molecule has 2 aromatic carbocycles. The third-order valence-electron chi connectivity index (χ3n) is 3.05. The molecule has 0 spiro atoms. The Morgan fingerprint density at radius 2 is 1.09 bits per heavy atom. The van der Waals surface area contributed by atoms with Crippen LogP contribution < -0.4 is 20.9 Å². The van der Waals surface area contributed by atoms with E-state index in [0.717, 1.165) is 35.1 Å². The summed E-state index contributed by atoms with van der Waals surface area (Å²) in [7, 11) is 0. The summed E-state index contributed by atoms with van der Waals surface area (Å²) < 4.78 is 11.6. The second-order valence-corrected chi connectivity index (χ2v) is 4.59. The minimum absolute atomic E-state index is 0. The highest BCUT2D eigenvalue weighted by Gasteiger charge is 2.06. The van der Waals surface area contributed by atoms with Gasteiger partial charge in [-0.2, -0.15) is 0 Å². The topological polar surface area (TPSA) is 70.5 Å². The standard InChI is InChI=1S/C16H22N2O2.2ClH/c17-9-3-11-19-15-7-1-5-13-14(15)6-2-8-16(13)20-12-4-10-18;;/h1-2,5-8H,3-4,9-12,17-18H2;2*1H. The maximum absolute atomic E-state index is 5.78. The minimum Gasteiger partial charge on any atom is -0.493 e. The Labute approximate surface area is 144 Å². The largest absolute Gasteiger partial charge is 0.493 e. The SMILES string of the molecule is Cl.Cl.NCCCOc1cccc2c(OCCCN)cccc12. The predicted molar refractivity (Wildman–Crippen MR) is 96.8 cm³/mol. The fourth-order valence-electron chi connectivity index (χ4n) is 2.03. The Kier molecular flexibility index (Phi) is 10.8. The van der Waals surface area contributed by atoms with Gasteiger partial charge in [0, 0.05) is 10.8 Å². The van der Waals surface area contributed by atoms with Crippen LogP contribution in [0.5, 0.6) is 11.5 Å². The molecule has 124 valence electrons. The van der Waals surface area contributed by atoms with Gasteiger partial charge in [0.05, 0.1) is 13.2 Å². The molecule has 22 heavy (non-hydrogen) atoms. The van der Waals surface area contributed by atoms with Crippen molar-refractivity contribution in [3.8, 4) is 11.5 Å². The first-order valence-electron chi connectivity index (χ1n) is 7.04. The number of rotatable bonds is 8. The zero-order valence-corrected chi connectivity index (χ0v) is 14.1. The van der Waals surface area contributed by atoms with Crippen molar-refractivity contribution < 1.29 is 9.47 Å². The van der Waals surface area contributed by atoms with Gasteiger partial charge >= 0.3 is 0 Å². The summed E-state index contributed by atoms with van der Waals surface area (Å²) in [4.78, 5) is 0. The first-order valence-corrected chi connectivity index (χ1v) is 7.04. The van der Waals surface area contributed by atoms with Gasteiger partial charge in [-0.25, -0.2) is 0 Å². The van der Waals surface area contributed by atoms with E-state index in [4.69, 9.17) is 20.9 Å². The van der Waals surface area contributed by atoms with Crippen molar-refractivity contribution in [3.05, 3.63) is 36.4 Å². The number of fused-ring (bicyclic) bond motifs is 1. The van der Waals surface area contributed by atoms with Crippen LogP contribution in [0.25, 0.3) is 10.8 Å². The highest BCUT2D eigenvalue weighted by molar-refractivity contribution is 5.93. The zero-order chi connectivity index (χ0) is 14.2. The molecule has 0 bridgehead atoms. The highest BCUT2D eigenvalue weighted by atomic mass is 35.5. The fourth-order valence-corrected chi connectivity index (χ4v) is 2.03. The van der Waals surface area contributed by atoms with Gasteiger partial charge in [0.25, 0.3) is 0 Å². The van der Waals surface area contributed by atoms with Crippen molar-refractivity contribution in [2.24, 2.45) is 11.5 Å². The molecule has 2 rings (SSSR count). The van der Waals surface area contributed by atoms with Crippen molar-refractivity contribution >= 4 is 35.6 Å². The summed E-state index contributed by atoms with van der Waals surface area (Å²) in [5.41, 5.74) is 11.0. The molecular formula is C16H24Cl2N2O2. The molecule has 4 nitrogen and oxygen atoms in total. The Hall–Kier alpha value is -1.20. The van der Waals surface area contributed by atoms with Gasteiger partial charge in [-0.3, -0.25) is 0 Å². The Morgan fingerprint density at radius 3 is 1.45 bits per heavy atom. The molecule has 0 amide bonds. The van der Waals surface area contributed by atoms with Crippen LogP contribution in [0, 0.1) is 0 Å². The van der Waals surface area contributed by atoms with Crippen LogP contribution in [-0.4, -0.2) is 26.3 Å². The smallest absolute Gasteiger partial charge is 0.127 e. The number of nitrogens with two attached hydrogens (primary N) is 2. The number of halogens is 2. The molecular weight excluding hydrogens is 323 g/mol. The van der Waals surface area contributed by atoms with Crippen LogP contribution in [-0.2, 0) is 0 Å². The number of hydrogen-bond acceptors (Lipinski definition) is 4. The molecule has 0 aromatic heterocycles. The fraction of sp³-hybridized carbons (Fsp3) is 0.375. The molecule has 4 N–H and O–H groups in total. The average Bonchev–Trinajstić information content (AvgIpc) is 2.48. The van der Waals surface area contributed by atoms with Crippen molar-refractivity contribution in [2.45, 2.75) is 12.8 Å². The van der Waals surface area contributed by atoms with Gasteiger partial charge in [0.15, 0.2) is 0 Å². The second kappa shape index (κ2) is 11.4. The monoisotopic (exact) mass is 346 g/mol. The number of ether oxygens (including phenoxy) is 2. The van der Waals surface area contributed by atoms with Crippen molar-refractivity contribution in [3.63, 3.8) is 0 Å². The summed E-state index contributed by atoms with van der Waals surface area (Å²) in [5.74, 6) is 1.75. The van der Waals surface area contributed by atoms with E-state index >= 15 is 0 Å². The van der Waals surface area contributed by atoms with Crippen LogP contribution in [0.1, 0.15) is 12.8 Å². The number of hydrogen-bond donors (Lipinski definition) is 2. The van der Waals surface area contributed by atoms with Gasteiger partial charge in [-0.05, 0) is 38.1 Å². The third kappa shape index (κ3) is 5.54. The predicted octanol–water partition coefficient (Wildman–Crippen LogP) is 3.14. The second-order valence-electron chi connectivity index (χ2n) is 4.59. The quantitative estimate of drug-likeness (QED) is 0.720. The van der Waals surface area contributed by atoms with E-state index in [0.29, 0.717) is 26.3 Å². The first-order chi connectivity index (χ1) is 9.86. The maximum Gasteiger partial charge on any atom is 0.127 e. The molecule has 0 aliphatic rings. The van der Waals surface area contributed by atoms with Gasteiger partial charge < -0.3 is 20.9 Å². The van der Waals surface area contributed by atoms with Gasteiger partial charge in [0.1, 0.15) is 11.5 Å². The van der Waals surface area contributed by atoms with E-state index in [1.165, 1.54) is 0 Å². The van der Waals surface area contributed by atoms with Crippen LogP contribution >= 0.6 is 24.8 Å². The van der Waals surface area contributed by atoms with E-state index in [2.05, 4.69) is 0 Å². The lowest BCUT2D eigenvalue weighted by Crippen LogP contribution is -2.07. The van der Waals surface area contributed by atoms with Gasteiger partial charge in [-0.1, -0.05) is 24.3 Å². The Balaban J connectivity index is 0.00000220. The zero-order valence-electron chi connectivity index (χ0n) is 12.5. The molecule has 0 aliphatic heterocycles. The number of benzene rings is 2. The summed E-state index contributed by atoms with van der Waals surface area (Å²) in [6, 6.07) is 12.0. The molecule has 0 atom stereocenters. The Bertz CT molecular complexity index is 503. The molecule has 0 saturated heterocycles. The van der Waals surface area contributed by atoms with Gasteiger partial charge in [0.2, 0.25) is 0 Å². The summed E-state index contributed by atoms with van der Waals surface area (Å²) >= 11 is 0. The van der Waals surface area contributed by atoms with E-state index in [-0.39, 0.29) is 24.8 Å². The normalized spacial score (nSPS) is 9.73. The van der Waals surface area contributed by atoms with E-state index in [1.54, 1.807) is 0 Å². The molecule has 0 heterocycles. The highest BCUT2D eigenvalue weighted by Crippen LogP contribution is 2.32. The lowest BCUT2D eigenvalue weighted by molar-refractivity contribution is 0.314. The summed E-state index contributed by atoms with van der Waals surface area (Å²) in [5, 5.41) is 2.13. The molecule has 0 radical (unpaired) electrons. The maximum atomic E-state index is 5.78. The van der Waals surface area contributed by atoms with Crippen molar-refractivity contribution in [1.82, 2.24) is 0 Å². The molecule has 0 fully saturated rings. The van der Waals surface area contributed by atoms with Crippen LogP contribution in [0.3, 0.4) is 0 Å². The Morgan fingerprint density at radius 1 is 0.682 bits per heavy atom. The molecule has 0 unspecified atom stereocenters. The third-order valence-corrected chi connectivity index (χ3v) is 3.05. The molecule has 0 aliphatic carbocycles. The summed E-state index contributed by atoms with van der Waals surface area (Å²) in [6.07, 6.45) is 1.70. The summed E-state index contributed by atoms with van der Waals surface area (Å²) in [6.45, 7) is 2.54. The van der Waals surface area contributed by atoms with Crippen LogP contribution in [0.4, 0.5) is 0 Å². The van der Waals surface area contributed by atoms with E-state index in [9.17, 15) is 0 Å². The van der Waals surface area contributed by atoms with E-state index < -0.39 is 0 Å². The van der Waals surface area contributed by atoms with Crippen LogP contribution in [0.15, 0.2) is 36.4 Å². The van der Waals surface area contributed by atoms with Crippen LogP contribution in [0.2, 0.25) is 0 Å². The first kappa shape index (κ1) is 20.8. The van der Waals surface area contributed by atoms with Gasteiger partial charge in [-0.15, -0.1) is 24.8 Å². The molecule has 6 heteroatoms. The molecule has 2 aromatic rings. The molecule has 0 saturated carbocycles. The van der Waals surface area contributed by atoms with Crippen molar-refractivity contribution in [1.29, 1.82) is 0 Å². The van der Waals surface area contributed by atoms with Crippen molar-refractivity contribution in [2.75, 3.05) is 26.3 Å². The minimum atomic E-state index is 0. The lowest BCUT2D eigenvalue weighted by atomic mass is 10.1.